The molecule has 2 heterocycles. The Hall–Kier alpha value is -2.66. The van der Waals surface area contributed by atoms with Gasteiger partial charge in [0, 0.05) is 15.8 Å². The zero-order valence-electron chi connectivity index (χ0n) is 13.7. The molecule has 1 aliphatic rings. The van der Waals surface area contributed by atoms with Crippen LogP contribution in [0, 0.1) is 0 Å². The second kappa shape index (κ2) is 7.07. The monoisotopic (exact) mass is 350 g/mol. The van der Waals surface area contributed by atoms with Crippen LogP contribution in [-0.2, 0) is 12.8 Å². The predicted octanol–water partition coefficient (Wildman–Crippen LogP) is 4.65. The van der Waals surface area contributed by atoms with E-state index >= 15 is 0 Å². The Bertz CT molecular complexity index is 909. The highest BCUT2D eigenvalue weighted by molar-refractivity contribution is 7.10. The summed E-state index contributed by atoms with van der Waals surface area (Å²) >= 11 is 1.68. The van der Waals surface area contributed by atoms with Crippen molar-refractivity contribution in [2.45, 2.75) is 25.7 Å². The number of nitrogens with zero attached hydrogens (tertiary/aromatic N) is 1. The van der Waals surface area contributed by atoms with Crippen LogP contribution in [0.1, 0.15) is 39.4 Å². The number of hydrazone groups is 1. The number of nitrogens with one attached hydrogen (secondary N) is 1. The van der Waals surface area contributed by atoms with Crippen molar-refractivity contribution in [1.82, 2.24) is 5.43 Å². The molecule has 1 aliphatic carbocycles. The number of fused-ring (bicyclic) bond motifs is 1. The van der Waals surface area contributed by atoms with E-state index in [0.29, 0.717) is 5.76 Å². The summed E-state index contributed by atoms with van der Waals surface area (Å²) in [5.41, 5.74) is 5.59. The third-order valence-corrected chi connectivity index (χ3v) is 5.44. The summed E-state index contributed by atoms with van der Waals surface area (Å²) in [4.78, 5) is 13.7. The molecular formula is C20H18N2O2S. The number of carbonyl (C=O) groups is 1. The summed E-state index contributed by atoms with van der Waals surface area (Å²) in [6.45, 7) is 0. The van der Waals surface area contributed by atoms with E-state index in [0.717, 1.165) is 36.1 Å². The van der Waals surface area contributed by atoms with Gasteiger partial charge in [-0.1, -0.05) is 30.3 Å². The molecule has 0 saturated carbocycles. The van der Waals surface area contributed by atoms with E-state index in [4.69, 9.17) is 4.42 Å². The topological polar surface area (TPSA) is 54.6 Å². The molecule has 0 spiro atoms. The van der Waals surface area contributed by atoms with Crippen molar-refractivity contribution < 1.29 is 9.21 Å². The number of furan rings is 1. The fourth-order valence-electron chi connectivity index (χ4n) is 3.08. The van der Waals surface area contributed by atoms with Crippen molar-refractivity contribution >= 4 is 23.5 Å². The zero-order valence-corrected chi connectivity index (χ0v) is 14.5. The first-order valence-electron chi connectivity index (χ1n) is 8.39. The minimum Gasteiger partial charge on any atom is -0.455 e. The fraction of sp³-hybridized carbons (Fsp3) is 0.200. The first-order chi connectivity index (χ1) is 12.3. The molecule has 2 aromatic heterocycles. The highest BCUT2D eigenvalue weighted by Crippen LogP contribution is 2.30. The lowest BCUT2D eigenvalue weighted by molar-refractivity contribution is 0.0954. The van der Waals surface area contributed by atoms with E-state index in [9.17, 15) is 4.79 Å². The standard InChI is InChI=1S/C20H18N2O2S/c23-20(17-13-25-19-9-5-4-8-16(17)19)22-21-12-15-10-11-18(24-15)14-6-2-1-3-7-14/h1-3,6-7,10-13H,4-5,8-9H2,(H,22,23)/b21-12+. The van der Waals surface area contributed by atoms with Crippen LogP contribution in [0.25, 0.3) is 11.3 Å². The average Bonchev–Trinajstić information content (AvgIpc) is 3.29. The minimum absolute atomic E-state index is 0.148. The van der Waals surface area contributed by atoms with Crippen LogP contribution in [-0.4, -0.2) is 12.1 Å². The Morgan fingerprint density at radius 2 is 1.96 bits per heavy atom. The van der Waals surface area contributed by atoms with Crippen LogP contribution in [0.4, 0.5) is 0 Å². The van der Waals surface area contributed by atoms with Gasteiger partial charge in [0.1, 0.15) is 11.5 Å². The van der Waals surface area contributed by atoms with Crippen molar-refractivity contribution in [1.29, 1.82) is 0 Å². The number of aryl methyl sites for hydroxylation is 1. The number of carbonyl (C=O) groups excluding carboxylic acids is 1. The van der Waals surface area contributed by atoms with Crippen molar-refractivity contribution in [2.24, 2.45) is 5.10 Å². The van der Waals surface area contributed by atoms with E-state index in [2.05, 4.69) is 10.5 Å². The number of thiophene rings is 1. The van der Waals surface area contributed by atoms with Gasteiger partial charge >= 0.3 is 0 Å². The van der Waals surface area contributed by atoms with E-state index in [1.54, 1.807) is 11.3 Å². The maximum absolute atomic E-state index is 12.3. The van der Waals surface area contributed by atoms with Crippen molar-refractivity contribution in [3.63, 3.8) is 0 Å². The number of amides is 1. The molecule has 0 fully saturated rings. The minimum atomic E-state index is -0.148. The summed E-state index contributed by atoms with van der Waals surface area (Å²) in [6, 6.07) is 13.6. The lowest BCUT2D eigenvalue weighted by Crippen LogP contribution is -2.19. The highest BCUT2D eigenvalue weighted by atomic mass is 32.1. The van der Waals surface area contributed by atoms with Gasteiger partial charge in [0.2, 0.25) is 0 Å². The smallest absolute Gasteiger partial charge is 0.272 e. The number of hydrogen-bond acceptors (Lipinski definition) is 4. The molecule has 5 heteroatoms. The summed E-state index contributed by atoms with van der Waals surface area (Å²) in [5, 5.41) is 5.99. The van der Waals surface area contributed by atoms with Crippen LogP contribution in [0.2, 0.25) is 0 Å². The van der Waals surface area contributed by atoms with Crippen molar-refractivity contribution in [3.8, 4) is 11.3 Å². The van der Waals surface area contributed by atoms with Gasteiger partial charge in [-0.05, 0) is 43.4 Å². The normalized spacial score (nSPS) is 13.8. The Morgan fingerprint density at radius 1 is 1.12 bits per heavy atom. The Balaban J connectivity index is 1.42. The van der Waals surface area contributed by atoms with E-state index in [1.165, 1.54) is 23.1 Å². The van der Waals surface area contributed by atoms with Crippen molar-refractivity contribution in [3.05, 3.63) is 69.6 Å². The summed E-state index contributed by atoms with van der Waals surface area (Å²) < 4.78 is 5.73. The van der Waals surface area contributed by atoms with Gasteiger partial charge in [-0.25, -0.2) is 5.43 Å². The Labute approximate surface area is 150 Å². The summed E-state index contributed by atoms with van der Waals surface area (Å²) in [6.07, 6.45) is 5.98. The lowest BCUT2D eigenvalue weighted by Gasteiger charge is -2.11. The molecule has 1 amide bonds. The average molecular weight is 350 g/mol. The van der Waals surface area contributed by atoms with Crippen LogP contribution in [0.5, 0.6) is 0 Å². The molecule has 1 aromatic carbocycles. The third-order valence-electron chi connectivity index (χ3n) is 4.35. The van der Waals surface area contributed by atoms with Crippen LogP contribution in [0.3, 0.4) is 0 Å². The fourth-order valence-corrected chi connectivity index (χ4v) is 4.20. The molecular weight excluding hydrogens is 332 g/mol. The van der Waals surface area contributed by atoms with Gasteiger partial charge in [-0.3, -0.25) is 4.79 Å². The molecule has 4 nitrogen and oxygen atoms in total. The molecule has 0 bridgehead atoms. The Kier molecular flexibility index (Phi) is 4.48. The number of hydrogen-bond donors (Lipinski definition) is 1. The second-order valence-corrected chi connectivity index (χ2v) is 6.99. The molecule has 3 aromatic rings. The second-order valence-electron chi connectivity index (χ2n) is 6.03. The van der Waals surface area contributed by atoms with Crippen LogP contribution >= 0.6 is 11.3 Å². The van der Waals surface area contributed by atoms with Crippen LogP contribution in [0.15, 0.2) is 57.4 Å². The number of benzene rings is 1. The van der Waals surface area contributed by atoms with Gasteiger partial charge in [0.15, 0.2) is 0 Å². The quantitative estimate of drug-likeness (QED) is 0.550. The molecule has 0 saturated heterocycles. The maximum Gasteiger partial charge on any atom is 0.272 e. The molecule has 25 heavy (non-hydrogen) atoms. The van der Waals surface area contributed by atoms with E-state index < -0.39 is 0 Å². The first kappa shape index (κ1) is 15.8. The number of rotatable bonds is 4. The molecule has 126 valence electrons. The molecule has 0 aliphatic heterocycles. The van der Waals surface area contributed by atoms with Gasteiger partial charge in [-0.2, -0.15) is 5.10 Å². The molecule has 0 atom stereocenters. The van der Waals surface area contributed by atoms with Gasteiger partial charge < -0.3 is 4.42 Å². The molecule has 1 N–H and O–H groups in total. The van der Waals surface area contributed by atoms with Gasteiger partial charge in [0.05, 0.1) is 11.8 Å². The predicted molar refractivity (Wildman–Crippen MR) is 100 cm³/mol. The van der Waals surface area contributed by atoms with Crippen molar-refractivity contribution in [2.75, 3.05) is 0 Å². The largest absolute Gasteiger partial charge is 0.455 e. The third kappa shape index (κ3) is 3.42. The highest BCUT2D eigenvalue weighted by Gasteiger charge is 2.19. The molecule has 4 rings (SSSR count). The maximum atomic E-state index is 12.3. The van der Waals surface area contributed by atoms with Crippen LogP contribution < -0.4 is 5.43 Å². The lowest BCUT2D eigenvalue weighted by atomic mass is 9.96. The van der Waals surface area contributed by atoms with E-state index in [1.807, 2.05) is 47.8 Å². The Morgan fingerprint density at radius 3 is 2.84 bits per heavy atom. The van der Waals surface area contributed by atoms with E-state index in [-0.39, 0.29) is 5.91 Å². The SMILES string of the molecule is O=C(N/N=C/c1ccc(-c2ccccc2)o1)c1csc2c1CCCC2. The molecule has 0 unspecified atom stereocenters. The summed E-state index contributed by atoms with van der Waals surface area (Å²) in [7, 11) is 0. The summed E-state index contributed by atoms with van der Waals surface area (Å²) in [5.74, 6) is 1.23. The zero-order chi connectivity index (χ0) is 17.1. The first-order valence-corrected chi connectivity index (χ1v) is 9.27. The van der Waals surface area contributed by atoms with Gasteiger partial charge in [0.25, 0.3) is 5.91 Å². The van der Waals surface area contributed by atoms with Gasteiger partial charge in [-0.15, -0.1) is 11.3 Å². The molecule has 0 radical (unpaired) electrons.